The highest BCUT2D eigenvalue weighted by Crippen LogP contribution is 2.54. The van der Waals surface area contributed by atoms with Crippen molar-refractivity contribution >= 4 is 31.9 Å². The van der Waals surface area contributed by atoms with E-state index in [0.717, 1.165) is 0 Å². The number of halogens is 8. The quantitative estimate of drug-likeness (QED) is 0.459. The van der Waals surface area contributed by atoms with Crippen molar-refractivity contribution < 1.29 is 26.3 Å². The summed E-state index contributed by atoms with van der Waals surface area (Å²) in [6.07, 6.45) is -8.67. The van der Waals surface area contributed by atoms with Crippen LogP contribution in [0.25, 0.3) is 0 Å². The molecule has 0 bridgehead atoms. The van der Waals surface area contributed by atoms with Crippen molar-refractivity contribution in [3.05, 3.63) is 0 Å². The number of hydrogen-bond donors (Lipinski definition) is 0. The molecule has 0 N–H and O–H groups in total. The molecule has 1 aliphatic carbocycles. The zero-order chi connectivity index (χ0) is 13.5. The van der Waals surface area contributed by atoms with E-state index in [1.54, 1.807) is 0 Å². The molecule has 0 nitrogen and oxygen atoms in total. The Kier molecular flexibility index (Phi) is 4.50. The Morgan fingerprint density at radius 1 is 1.12 bits per heavy atom. The lowest BCUT2D eigenvalue weighted by atomic mass is 9.82. The van der Waals surface area contributed by atoms with Gasteiger partial charge in [-0.3, -0.25) is 0 Å². The first-order valence-corrected chi connectivity index (χ1v) is 6.66. The maximum Gasteiger partial charge on any atom is 0.425 e. The molecule has 0 amide bonds. The second-order valence-electron chi connectivity index (χ2n) is 4.10. The van der Waals surface area contributed by atoms with E-state index in [2.05, 4.69) is 31.9 Å². The summed E-state index contributed by atoms with van der Waals surface area (Å²) in [5.74, 6) is -4.50. The molecule has 0 radical (unpaired) electrons. The average Bonchev–Trinajstić information content (AvgIpc) is 2.19. The first kappa shape index (κ1) is 15.6. The fourth-order valence-electron chi connectivity index (χ4n) is 1.88. The van der Waals surface area contributed by atoms with Crippen LogP contribution >= 0.6 is 31.9 Å². The lowest BCUT2D eigenvalue weighted by Gasteiger charge is -2.43. The molecule has 0 aromatic rings. The predicted molar refractivity (Wildman–Crippen MR) is 58.7 cm³/mol. The van der Waals surface area contributed by atoms with Crippen LogP contribution in [0, 0.1) is 0 Å². The van der Waals surface area contributed by atoms with E-state index < -0.39 is 27.4 Å². The lowest BCUT2D eigenvalue weighted by molar-refractivity contribution is -0.253. The molecule has 0 aliphatic heterocycles. The topological polar surface area (TPSA) is 0 Å². The summed E-state index contributed by atoms with van der Waals surface area (Å²) in [5.41, 5.74) is 0. The summed E-state index contributed by atoms with van der Waals surface area (Å²) in [5, 5.41) is 0. The maximum absolute atomic E-state index is 13.7. The van der Waals surface area contributed by atoms with Crippen molar-refractivity contribution in [1.82, 2.24) is 0 Å². The number of alkyl halides is 8. The van der Waals surface area contributed by atoms with Crippen molar-refractivity contribution in [2.45, 2.75) is 53.1 Å². The molecule has 102 valence electrons. The minimum Gasteiger partial charge on any atom is -0.231 e. The van der Waals surface area contributed by atoms with Gasteiger partial charge in [-0.15, -0.1) is 0 Å². The van der Waals surface area contributed by atoms with Crippen LogP contribution in [0.1, 0.15) is 25.7 Å². The summed E-state index contributed by atoms with van der Waals surface area (Å²) in [6.45, 7) is 0. The molecule has 0 spiro atoms. The van der Waals surface area contributed by atoms with Crippen LogP contribution in [-0.2, 0) is 0 Å². The fraction of sp³-hybridized carbons (Fsp3) is 1.00. The van der Waals surface area contributed by atoms with Gasteiger partial charge in [0.2, 0.25) is 0 Å². The molecule has 1 aliphatic rings. The van der Waals surface area contributed by atoms with Crippen molar-refractivity contribution in [2.75, 3.05) is 0 Å². The smallest absolute Gasteiger partial charge is 0.231 e. The molecule has 1 fully saturated rings. The molecule has 0 saturated heterocycles. The van der Waals surface area contributed by atoms with Gasteiger partial charge in [0.25, 0.3) is 6.17 Å². The summed E-state index contributed by atoms with van der Waals surface area (Å²) < 4.78 is 74.4. The van der Waals surface area contributed by atoms with Gasteiger partial charge in [0.1, 0.15) is 4.32 Å². The third-order valence-corrected chi connectivity index (χ3v) is 6.24. The Labute approximate surface area is 111 Å². The highest BCUT2D eigenvalue weighted by atomic mass is 79.9. The molecular formula is C9H10Br2F6. The summed E-state index contributed by atoms with van der Waals surface area (Å²) >= 11 is 5.56. The summed E-state index contributed by atoms with van der Waals surface area (Å²) in [4.78, 5) is -0.889. The van der Waals surface area contributed by atoms with E-state index in [1.807, 2.05) is 0 Å². The van der Waals surface area contributed by atoms with Crippen LogP contribution in [0.15, 0.2) is 0 Å². The van der Waals surface area contributed by atoms with Gasteiger partial charge < -0.3 is 0 Å². The van der Waals surface area contributed by atoms with Gasteiger partial charge in [0, 0.05) is 4.83 Å². The molecule has 0 aromatic carbocycles. The van der Waals surface area contributed by atoms with Gasteiger partial charge in [0.15, 0.2) is 0 Å². The van der Waals surface area contributed by atoms with E-state index in [1.165, 1.54) is 0 Å². The SMILES string of the molecule is FC(C(F)(F)F)C(F)(F)C1(Br)CCCCC1Br. The van der Waals surface area contributed by atoms with Crippen LogP contribution in [0.2, 0.25) is 0 Å². The number of rotatable bonds is 2. The van der Waals surface area contributed by atoms with E-state index in [-0.39, 0.29) is 12.8 Å². The van der Waals surface area contributed by atoms with Crippen molar-refractivity contribution in [3.63, 3.8) is 0 Å². The van der Waals surface area contributed by atoms with Crippen molar-refractivity contribution in [3.8, 4) is 0 Å². The number of hydrogen-bond acceptors (Lipinski definition) is 0. The second-order valence-corrected chi connectivity index (χ2v) is 6.62. The standard InChI is InChI=1S/C9H10Br2F6/c10-5-3-1-2-4-7(5,11)8(13,14)6(12)9(15,16)17/h5-6H,1-4H2. The Bertz CT molecular complexity index is 279. The molecule has 3 atom stereocenters. The Morgan fingerprint density at radius 3 is 2.06 bits per heavy atom. The van der Waals surface area contributed by atoms with Crippen LogP contribution in [0.3, 0.4) is 0 Å². The maximum atomic E-state index is 13.7. The van der Waals surface area contributed by atoms with Gasteiger partial charge in [-0.1, -0.05) is 44.7 Å². The van der Waals surface area contributed by atoms with Crippen molar-refractivity contribution in [1.29, 1.82) is 0 Å². The van der Waals surface area contributed by atoms with Crippen LogP contribution in [0.5, 0.6) is 0 Å². The lowest BCUT2D eigenvalue weighted by Crippen LogP contribution is -2.59. The molecule has 1 rings (SSSR count). The minimum atomic E-state index is -5.56. The van der Waals surface area contributed by atoms with E-state index in [9.17, 15) is 26.3 Å². The highest BCUT2D eigenvalue weighted by Gasteiger charge is 2.68. The molecule has 0 aromatic heterocycles. The van der Waals surface area contributed by atoms with Crippen molar-refractivity contribution in [2.24, 2.45) is 0 Å². The van der Waals surface area contributed by atoms with Crippen LogP contribution in [-0.4, -0.2) is 27.4 Å². The average molecular weight is 392 g/mol. The highest BCUT2D eigenvalue weighted by molar-refractivity contribution is 9.12. The van der Waals surface area contributed by atoms with E-state index in [0.29, 0.717) is 12.8 Å². The predicted octanol–water partition coefficient (Wildman–Crippen LogP) is 4.99. The Hall–Kier alpha value is 0.540. The van der Waals surface area contributed by atoms with Crippen LogP contribution in [0.4, 0.5) is 26.3 Å². The zero-order valence-corrected chi connectivity index (χ0v) is 11.7. The van der Waals surface area contributed by atoms with Gasteiger partial charge in [-0.2, -0.15) is 13.2 Å². The van der Waals surface area contributed by atoms with Crippen LogP contribution < -0.4 is 0 Å². The summed E-state index contributed by atoms with van der Waals surface area (Å²) in [6, 6.07) is 0. The van der Waals surface area contributed by atoms with Gasteiger partial charge in [-0.25, -0.2) is 13.2 Å². The summed E-state index contributed by atoms with van der Waals surface area (Å²) in [7, 11) is 0. The minimum absolute atomic E-state index is 0.202. The van der Waals surface area contributed by atoms with Gasteiger partial charge in [-0.05, 0) is 12.8 Å². The Balaban J connectivity index is 3.02. The third kappa shape index (κ3) is 2.77. The molecule has 1 saturated carbocycles. The Morgan fingerprint density at radius 2 is 1.65 bits per heavy atom. The second kappa shape index (κ2) is 4.90. The normalized spacial score (nSPS) is 33.5. The third-order valence-electron chi connectivity index (χ3n) is 2.90. The molecule has 17 heavy (non-hydrogen) atoms. The molecule has 8 heteroatoms. The molecule has 3 unspecified atom stereocenters. The first-order chi connectivity index (χ1) is 7.53. The zero-order valence-electron chi connectivity index (χ0n) is 8.51. The fourth-order valence-corrected chi connectivity index (χ4v) is 3.45. The largest absolute Gasteiger partial charge is 0.425 e. The van der Waals surface area contributed by atoms with E-state index >= 15 is 0 Å². The van der Waals surface area contributed by atoms with Gasteiger partial charge >= 0.3 is 12.1 Å². The van der Waals surface area contributed by atoms with E-state index in [4.69, 9.17) is 0 Å². The molecule has 0 heterocycles. The molecular weight excluding hydrogens is 382 g/mol. The monoisotopic (exact) mass is 390 g/mol. The first-order valence-electron chi connectivity index (χ1n) is 4.95. The van der Waals surface area contributed by atoms with Gasteiger partial charge in [0.05, 0.1) is 0 Å².